The van der Waals surface area contributed by atoms with Gasteiger partial charge in [0, 0.05) is 11.8 Å². The number of nitrogens with zero attached hydrogens (tertiary/aromatic N) is 1. The number of thioether (sulfide) groups is 1. The largest absolute Gasteiger partial charge is 0.301 e. The molecule has 0 radical (unpaired) electrons. The first-order chi connectivity index (χ1) is 6.10. The maximum Gasteiger partial charge on any atom is 0.0739 e. The molecular formula is C10H19NS2. The maximum absolute atomic E-state index is 4.92. The third-order valence-electron chi connectivity index (χ3n) is 3.12. The lowest BCUT2D eigenvalue weighted by Gasteiger charge is -2.51. The number of hydrogen-bond donors (Lipinski definition) is 1. The van der Waals surface area contributed by atoms with Gasteiger partial charge in [0.05, 0.1) is 4.08 Å². The normalized spacial score (nSPS) is 44.3. The minimum Gasteiger partial charge on any atom is -0.301 e. The van der Waals surface area contributed by atoms with Crippen LogP contribution in [0.5, 0.6) is 0 Å². The Labute approximate surface area is 91.1 Å². The summed E-state index contributed by atoms with van der Waals surface area (Å²) in [4.78, 5) is 2.57. The maximum atomic E-state index is 4.92. The summed E-state index contributed by atoms with van der Waals surface area (Å²) in [5.41, 5.74) is 0. The van der Waals surface area contributed by atoms with Crippen LogP contribution >= 0.6 is 24.4 Å². The zero-order valence-corrected chi connectivity index (χ0v) is 10.2. The van der Waals surface area contributed by atoms with Crippen molar-refractivity contribution in [2.75, 3.05) is 19.6 Å². The number of hydrogen-bond acceptors (Lipinski definition) is 3. The minimum absolute atomic E-state index is 0.255. The van der Waals surface area contributed by atoms with Crippen LogP contribution in [0.1, 0.15) is 26.7 Å². The van der Waals surface area contributed by atoms with Crippen LogP contribution in [0.25, 0.3) is 0 Å². The van der Waals surface area contributed by atoms with E-state index in [1.165, 1.54) is 32.5 Å². The van der Waals surface area contributed by atoms with E-state index in [1.54, 1.807) is 0 Å². The molecule has 1 nitrogen and oxygen atoms in total. The van der Waals surface area contributed by atoms with Gasteiger partial charge in [-0.2, -0.15) is 12.6 Å². The molecule has 0 spiro atoms. The molecule has 0 aromatic carbocycles. The van der Waals surface area contributed by atoms with Gasteiger partial charge in [-0.25, -0.2) is 0 Å². The lowest BCUT2D eigenvalue weighted by Crippen LogP contribution is -2.54. The molecule has 3 rings (SSSR count). The van der Waals surface area contributed by atoms with Crippen LogP contribution in [0.15, 0.2) is 0 Å². The Morgan fingerprint density at radius 2 is 2.00 bits per heavy atom. The van der Waals surface area contributed by atoms with Gasteiger partial charge in [-0.1, -0.05) is 13.8 Å². The fourth-order valence-corrected chi connectivity index (χ4v) is 5.13. The van der Waals surface area contributed by atoms with Gasteiger partial charge < -0.3 is 4.90 Å². The van der Waals surface area contributed by atoms with E-state index in [9.17, 15) is 0 Å². The third kappa shape index (κ3) is 2.02. The van der Waals surface area contributed by atoms with Gasteiger partial charge in [-0.15, -0.1) is 11.8 Å². The van der Waals surface area contributed by atoms with E-state index in [4.69, 9.17) is 12.6 Å². The van der Waals surface area contributed by atoms with Gasteiger partial charge in [0.1, 0.15) is 0 Å². The van der Waals surface area contributed by atoms with Crippen molar-refractivity contribution in [2.24, 2.45) is 5.92 Å². The van der Waals surface area contributed by atoms with E-state index in [2.05, 4.69) is 30.5 Å². The van der Waals surface area contributed by atoms with Crippen molar-refractivity contribution >= 4 is 24.4 Å². The van der Waals surface area contributed by atoms with Crippen molar-refractivity contribution in [2.45, 2.75) is 36.0 Å². The van der Waals surface area contributed by atoms with Crippen LogP contribution in [0.3, 0.4) is 0 Å². The van der Waals surface area contributed by atoms with Crippen LogP contribution in [0.4, 0.5) is 0 Å². The van der Waals surface area contributed by atoms with E-state index in [0.29, 0.717) is 5.25 Å². The number of thiol groups is 1. The Kier molecular flexibility index (Phi) is 2.87. The lowest BCUT2D eigenvalue weighted by molar-refractivity contribution is 0.107. The van der Waals surface area contributed by atoms with Gasteiger partial charge in [-0.05, 0) is 31.8 Å². The standard InChI is InChI=1S/C10H19NS2/c1-8(2)13-10(12)7-11-5-3-9(10)4-6-11/h8-9,12H,3-7H2,1-2H3. The Morgan fingerprint density at radius 1 is 1.38 bits per heavy atom. The van der Waals surface area contributed by atoms with Crippen molar-refractivity contribution in [1.29, 1.82) is 0 Å². The Bertz CT molecular complexity index is 183. The quantitative estimate of drug-likeness (QED) is 0.559. The van der Waals surface area contributed by atoms with E-state index in [-0.39, 0.29) is 4.08 Å². The molecule has 0 amide bonds. The van der Waals surface area contributed by atoms with Crippen LogP contribution in [0, 0.1) is 5.92 Å². The molecule has 0 saturated carbocycles. The van der Waals surface area contributed by atoms with Gasteiger partial charge in [0.15, 0.2) is 0 Å². The number of fused-ring (bicyclic) bond motifs is 3. The predicted molar refractivity (Wildman–Crippen MR) is 63.6 cm³/mol. The summed E-state index contributed by atoms with van der Waals surface area (Å²) in [6, 6.07) is 0. The summed E-state index contributed by atoms with van der Waals surface area (Å²) < 4.78 is 0.255. The van der Waals surface area contributed by atoms with Crippen molar-refractivity contribution in [3.05, 3.63) is 0 Å². The molecule has 3 saturated heterocycles. The predicted octanol–water partition coefficient (Wildman–Crippen LogP) is 2.48. The smallest absolute Gasteiger partial charge is 0.0739 e. The molecule has 3 heterocycles. The topological polar surface area (TPSA) is 3.24 Å². The lowest BCUT2D eigenvalue weighted by atomic mass is 9.87. The number of rotatable bonds is 2. The van der Waals surface area contributed by atoms with E-state index >= 15 is 0 Å². The van der Waals surface area contributed by atoms with E-state index in [0.717, 1.165) is 5.92 Å². The molecule has 2 bridgehead atoms. The first kappa shape index (κ1) is 10.2. The molecule has 3 fully saturated rings. The molecule has 3 aliphatic heterocycles. The second-order valence-corrected chi connectivity index (χ2v) is 7.57. The van der Waals surface area contributed by atoms with Gasteiger partial charge in [0.2, 0.25) is 0 Å². The zero-order chi connectivity index (χ0) is 9.47. The summed E-state index contributed by atoms with van der Waals surface area (Å²) in [6.45, 7) is 8.38. The van der Waals surface area contributed by atoms with E-state index < -0.39 is 0 Å². The third-order valence-corrected chi connectivity index (χ3v) is 5.28. The second kappa shape index (κ2) is 3.67. The molecule has 1 unspecified atom stereocenters. The Morgan fingerprint density at radius 3 is 2.38 bits per heavy atom. The molecule has 0 aromatic heterocycles. The van der Waals surface area contributed by atoms with Crippen molar-refractivity contribution in [3.8, 4) is 0 Å². The molecular weight excluding hydrogens is 198 g/mol. The molecule has 3 aliphatic rings. The van der Waals surface area contributed by atoms with Crippen LogP contribution in [0.2, 0.25) is 0 Å². The zero-order valence-electron chi connectivity index (χ0n) is 8.49. The molecule has 3 heteroatoms. The van der Waals surface area contributed by atoms with Crippen LogP contribution < -0.4 is 0 Å². The fourth-order valence-electron chi connectivity index (χ4n) is 2.53. The summed E-state index contributed by atoms with van der Waals surface area (Å²) in [7, 11) is 0. The Balaban J connectivity index is 2.05. The van der Waals surface area contributed by atoms with Gasteiger partial charge in [-0.3, -0.25) is 0 Å². The highest BCUT2D eigenvalue weighted by Crippen LogP contribution is 2.48. The first-order valence-electron chi connectivity index (χ1n) is 5.23. The molecule has 0 aliphatic carbocycles. The fraction of sp³-hybridized carbons (Fsp3) is 1.00. The van der Waals surface area contributed by atoms with Crippen molar-refractivity contribution < 1.29 is 0 Å². The SMILES string of the molecule is CC(C)SC1(S)CN2CCC1CC2. The van der Waals surface area contributed by atoms with E-state index in [1.807, 2.05) is 0 Å². The molecule has 1 atom stereocenters. The van der Waals surface area contributed by atoms with Gasteiger partial charge >= 0.3 is 0 Å². The second-order valence-electron chi connectivity index (χ2n) is 4.56. The average Bonchev–Trinajstić information content (AvgIpc) is 2.03. The van der Waals surface area contributed by atoms with Crippen molar-refractivity contribution in [1.82, 2.24) is 4.90 Å². The highest BCUT2D eigenvalue weighted by molar-refractivity contribution is 8.12. The molecule has 13 heavy (non-hydrogen) atoms. The summed E-state index contributed by atoms with van der Waals surface area (Å²) in [6.07, 6.45) is 2.73. The molecule has 0 aromatic rings. The first-order valence-corrected chi connectivity index (χ1v) is 6.55. The van der Waals surface area contributed by atoms with Crippen LogP contribution in [-0.4, -0.2) is 33.9 Å². The summed E-state index contributed by atoms with van der Waals surface area (Å²) >= 11 is 6.98. The molecule has 0 N–H and O–H groups in total. The molecule has 76 valence electrons. The minimum atomic E-state index is 0.255. The summed E-state index contributed by atoms with van der Waals surface area (Å²) in [5, 5.41) is 0.707. The highest BCUT2D eigenvalue weighted by atomic mass is 32.2. The Hall–Kier alpha value is 0.660. The van der Waals surface area contributed by atoms with Crippen molar-refractivity contribution in [3.63, 3.8) is 0 Å². The monoisotopic (exact) mass is 217 g/mol. The van der Waals surface area contributed by atoms with Crippen LogP contribution in [-0.2, 0) is 0 Å². The average molecular weight is 217 g/mol. The number of piperidine rings is 3. The van der Waals surface area contributed by atoms with Gasteiger partial charge in [0.25, 0.3) is 0 Å². The highest BCUT2D eigenvalue weighted by Gasteiger charge is 2.44. The summed E-state index contributed by atoms with van der Waals surface area (Å²) in [5.74, 6) is 0.855.